The molecule has 0 bridgehead atoms. The zero-order valence-corrected chi connectivity index (χ0v) is 9.57. The van der Waals surface area contributed by atoms with Crippen LogP contribution in [0.5, 0.6) is 0 Å². The first-order valence-electron chi connectivity index (χ1n) is 5.54. The van der Waals surface area contributed by atoms with Crippen molar-refractivity contribution >= 4 is 11.8 Å². The number of nitrogens with zero attached hydrogens (tertiary/aromatic N) is 1. The molecule has 0 saturated carbocycles. The maximum Gasteiger partial charge on any atom is 0.241 e. The van der Waals surface area contributed by atoms with Crippen LogP contribution in [0.2, 0.25) is 0 Å². The van der Waals surface area contributed by atoms with Crippen LogP contribution in [0.1, 0.15) is 13.3 Å². The summed E-state index contributed by atoms with van der Waals surface area (Å²) in [6.07, 6.45) is 0.303. The third-order valence-electron chi connectivity index (χ3n) is 2.56. The monoisotopic (exact) mass is 229 g/mol. The van der Waals surface area contributed by atoms with Crippen LogP contribution in [0.15, 0.2) is 0 Å². The van der Waals surface area contributed by atoms with Gasteiger partial charge in [0.2, 0.25) is 11.8 Å². The Morgan fingerprint density at radius 1 is 1.56 bits per heavy atom. The number of carbonyl (C=O) groups is 2. The van der Waals surface area contributed by atoms with E-state index in [0.29, 0.717) is 39.3 Å². The van der Waals surface area contributed by atoms with Gasteiger partial charge in [-0.2, -0.15) is 0 Å². The van der Waals surface area contributed by atoms with Crippen LogP contribution in [0, 0.1) is 0 Å². The van der Waals surface area contributed by atoms with Crippen LogP contribution in [-0.4, -0.2) is 55.6 Å². The molecule has 0 radical (unpaired) electrons. The summed E-state index contributed by atoms with van der Waals surface area (Å²) in [4.78, 5) is 24.5. The number of primary amides is 1. The van der Waals surface area contributed by atoms with Crippen molar-refractivity contribution in [1.82, 2.24) is 10.2 Å². The van der Waals surface area contributed by atoms with Gasteiger partial charge in [0.1, 0.15) is 6.04 Å². The van der Waals surface area contributed by atoms with E-state index >= 15 is 0 Å². The molecule has 1 saturated heterocycles. The van der Waals surface area contributed by atoms with Crippen molar-refractivity contribution in [3.8, 4) is 0 Å². The van der Waals surface area contributed by atoms with Gasteiger partial charge in [0.25, 0.3) is 0 Å². The maximum atomic E-state index is 11.8. The van der Waals surface area contributed by atoms with Crippen molar-refractivity contribution < 1.29 is 14.3 Å². The summed E-state index contributed by atoms with van der Waals surface area (Å²) >= 11 is 0. The molecule has 0 aliphatic carbocycles. The zero-order chi connectivity index (χ0) is 12.0. The Morgan fingerprint density at radius 3 is 2.94 bits per heavy atom. The Morgan fingerprint density at radius 2 is 2.31 bits per heavy atom. The second-order valence-corrected chi connectivity index (χ2v) is 3.66. The lowest BCUT2D eigenvalue weighted by Gasteiger charge is -2.34. The van der Waals surface area contributed by atoms with Crippen LogP contribution >= 0.6 is 0 Å². The minimum atomic E-state index is -0.525. The third-order valence-corrected chi connectivity index (χ3v) is 2.56. The molecule has 16 heavy (non-hydrogen) atoms. The quantitative estimate of drug-likeness (QED) is 0.574. The summed E-state index contributed by atoms with van der Waals surface area (Å²) in [5.74, 6) is -0.532. The van der Waals surface area contributed by atoms with E-state index in [2.05, 4.69) is 5.32 Å². The van der Waals surface area contributed by atoms with Gasteiger partial charge in [-0.1, -0.05) is 0 Å². The fourth-order valence-electron chi connectivity index (χ4n) is 1.70. The molecule has 6 nitrogen and oxygen atoms in total. The molecule has 3 N–H and O–H groups in total. The molecule has 1 atom stereocenters. The van der Waals surface area contributed by atoms with Gasteiger partial charge in [0.15, 0.2) is 0 Å². The molecule has 0 aromatic rings. The molecular formula is C10H19N3O3. The van der Waals surface area contributed by atoms with E-state index in [1.54, 1.807) is 0 Å². The van der Waals surface area contributed by atoms with E-state index in [0.717, 1.165) is 0 Å². The molecule has 0 spiro atoms. The summed E-state index contributed by atoms with van der Waals surface area (Å²) in [7, 11) is 0. The number of hydrogen-bond donors (Lipinski definition) is 2. The Hall–Kier alpha value is -1.14. The number of hydrogen-bond acceptors (Lipinski definition) is 4. The molecular weight excluding hydrogens is 210 g/mol. The van der Waals surface area contributed by atoms with Crippen molar-refractivity contribution in [2.24, 2.45) is 5.73 Å². The van der Waals surface area contributed by atoms with Crippen molar-refractivity contribution in [2.75, 3.05) is 32.8 Å². The number of nitrogens with two attached hydrogens (primary N) is 1. The predicted molar refractivity (Wildman–Crippen MR) is 58.7 cm³/mol. The van der Waals surface area contributed by atoms with Gasteiger partial charge < -0.3 is 20.7 Å². The Balaban J connectivity index is 2.47. The highest BCUT2D eigenvalue weighted by atomic mass is 16.5. The molecule has 1 rings (SSSR count). The lowest BCUT2D eigenvalue weighted by Crippen LogP contribution is -2.58. The topological polar surface area (TPSA) is 84.7 Å². The fourth-order valence-corrected chi connectivity index (χ4v) is 1.70. The molecule has 2 amide bonds. The van der Waals surface area contributed by atoms with E-state index < -0.39 is 11.9 Å². The zero-order valence-electron chi connectivity index (χ0n) is 9.57. The van der Waals surface area contributed by atoms with Crippen LogP contribution in [0.3, 0.4) is 0 Å². The van der Waals surface area contributed by atoms with Crippen molar-refractivity contribution in [1.29, 1.82) is 0 Å². The van der Waals surface area contributed by atoms with E-state index in [4.69, 9.17) is 10.5 Å². The first-order valence-corrected chi connectivity index (χ1v) is 5.54. The van der Waals surface area contributed by atoms with E-state index in [-0.39, 0.29) is 5.91 Å². The van der Waals surface area contributed by atoms with E-state index in [1.807, 2.05) is 6.92 Å². The van der Waals surface area contributed by atoms with Gasteiger partial charge in [0, 0.05) is 26.2 Å². The van der Waals surface area contributed by atoms with Crippen LogP contribution < -0.4 is 11.1 Å². The fraction of sp³-hybridized carbons (Fsp3) is 0.800. The minimum Gasteiger partial charge on any atom is -0.381 e. The second-order valence-electron chi connectivity index (χ2n) is 3.66. The lowest BCUT2D eigenvalue weighted by atomic mass is 10.1. The molecule has 6 heteroatoms. The van der Waals surface area contributed by atoms with Crippen LogP contribution in [0.25, 0.3) is 0 Å². The first-order chi connectivity index (χ1) is 7.66. The van der Waals surface area contributed by atoms with Crippen molar-refractivity contribution in [3.05, 3.63) is 0 Å². The van der Waals surface area contributed by atoms with Gasteiger partial charge in [0.05, 0.1) is 13.0 Å². The Labute approximate surface area is 95.1 Å². The summed E-state index contributed by atoms with van der Waals surface area (Å²) in [5, 5.41) is 3.04. The van der Waals surface area contributed by atoms with Gasteiger partial charge in [-0.25, -0.2) is 0 Å². The number of piperazine rings is 1. The number of nitrogens with one attached hydrogen (secondary N) is 1. The maximum absolute atomic E-state index is 11.8. The van der Waals surface area contributed by atoms with Gasteiger partial charge in [-0.05, 0) is 6.92 Å². The first kappa shape index (κ1) is 12.9. The molecule has 0 aromatic heterocycles. The number of ether oxygens (including phenoxy) is 1. The summed E-state index contributed by atoms with van der Waals surface area (Å²) < 4.78 is 5.11. The largest absolute Gasteiger partial charge is 0.381 e. The van der Waals surface area contributed by atoms with Crippen LogP contribution in [0.4, 0.5) is 0 Å². The Bertz CT molecular complexity index is 258. The number of carbonyl (C=O) groups excluding carboxylic acids is 2. The summed E-state index contributed by atoms with van der Waals surface area (Å²) in [6, 6.07) is -0.525. The standard InChI is InChI=1S/C10H19N3O3/c1-2-16-6-3-9(14)13-5-4-12-7-8(13)10(11)15/h8,12H,2-7H2,1H3,(H2,11,15). The molecule has 0 aromatic carbocycles. The minimum absolute atomic E-state index is 0.0706. The highest BCUT2D eigenvalue weighted by molar-refractivity contribution is 5.87. The molecule has 92 valence electrons. The number of rotatable bonds is 5. The highest BCUT2D eigenvalue weighted by Crippen LogP contribution is 2.05. The number of amides is 2. The molecule has 1 unspecified atom stereocenters. The molecule has 1 heterocycles. The smallest absolute Gasteiger partial charge is 0.241 e. The second kappa shape index (κ2) is 6.44. The molecule has 1 fully saturated rings. The lowest BCUT2D eigenvalue weighted by molar-refractivity contribution is -0.141. The summed E-state index contributed by atoms with van der Waals surface area (Å²) in [5.41, 5.74) is 5.25. The van der Waals surface area contributed by atoms with Crippen molar-refractivity contribution in [2.45, 2.75) is 19.4 Å². The normalized spacial score (nSPS) is 20.8. The van der Waals surface area contributed by atoms with Gasteiger partial charge in [-0.15, -0.1) is 0 Å². The van der Waals surface area contributed by atoms with E-state index in [9.17, 15) is 9.59 Å². The SMILES string of the molecule is CCOCCC(=O)N1CCNCC1C(N)=O. The summed E-state index contributed by atoms with van der Waals surface area (Å²) in [6.45, 7) is 4.53. The molecule has 1 aliphatic rings. The van der Waals surface area contributed by atoms with Crippen molar-refractivity contribution in [3.63, 3.8) is 0 Å². The van der Waals surface area contributed by atoms with Gasteiger partial charge >= 0.3 is 0 Å². The average molecular weight is 229 g/mol. The third kappa shape index (κ3) is 3.46. The molecule has 1 aliphatic heterocycles. The average Bonchev–Trinajstić information content (AvgIpc) is 2.29. The van der Waals surface area contributed by atoms with Gasteiger partial charge in [-0.3, -0.25) is 9.59 Å². The Kier molecular flexibility index (Phi) is 5.21. The highest BCUT2D eigenvalue weighted by Gasteiger charge is 2.29. The van der Waals surface area contributed by atoms with Crippen LogP contribution in [-0.2, 0) is 14.3 Å². The van der Waals surface area contributed by atoms with E-state index in [1.165, 1.54) is 4.90 Å². The predicted octanol–water partition coefficient (Wildman–Crippen LogP) is -1.30.